The monoisotopic (exact) mass is 583 g/mol. The highest BCUT2D eigenvalue weighted by molar-refractivity contribution is 5.74. The Morgan fingerprint density at radius 2 is 1.49 bits per heavy atom. The first-order chi connectivity index (χ1) is 21.0. The molecule has 1 unspecified atom stereocenters. The van der Waals surface area contributed by atoms with Gasteiger partial charge in [0.15, 0.2) is 5.82 Å². The molecule has 8 nitrogen and oxygen atoms in total. The quantitative estimate of drug-likeness (QED) is 0.110. The van der Waals surface area contributed by atoms with Gasteiger partial charge < -0.3 is 19.9 Å². The molecule has 0 saturated carbocycles. The van der Waals surface area contributed by atoms with Crippen molar-refractivity contribution in [1.82, 2.24) is 15.3 Å². The number of carbonyl (C=O) groups is 2. The average molecular weight is 584 g/mol. The number of carboxylic acid groups (broad SMARTS) is 1. The molecule has 4 aromatic rings. The number of unbranched alkanes of at least 4 members (excludes halogenated alkanes) is 4. The number of nitrogens with one attached hydrogen (secondary N) is 1. The van der Waals surface area contributed by atoms with Crippen LogP contribution in [0.3, 0.4) is 0 Å². The van der Waals surface area contributed by atoms with E-state index in [0.717, 1.165) is 46.6 Å². The lowest BCUT2D eigenvalue weighted by Gasteiger charge is -2.11. The number of ether oxygens (including phenoxy) is 2. The van der Waals surface area contributed by atoms with Crippen LogP contribution in [0.1, 0.15) is 50.2 Å². The SMILES string of the molecule is CCCCCCCOc1ccc(-c2cnc(-c3ccc(CC(NC)C(=O)O)cc3)nc2)cc1.O=COCc1ccccc1. The molecule has 0 bridgehead atoms. The highest BCUT2D eigenvalue weighted by Gasteiger charge is 2.15. The summed E-state index contributed by atoms with van der Waals surface area (Å²) in [6.45, 7) is 3.79. The molecular formula is C35H41N3O5. The predicted octanol–water partition coefficient (Wildman–Crippen LogP) is 6.73. The van der Waals surface area contributed by atoms with E-state index in [1.54, 1.807) is 7.05 Å². The molecule has 0 radical (unpaired) electrons. The fourth-order valence-corrected chi connectivity index (χ4v) is 4.31. The molecule has 0 aliphatic carbocycles. The maximum atomic E-state index is 11.2. The van der Waals surface area contributed by atoms with E-state index in [0.29, 0.717) is 25.3 Å². The van der Waals surface area contributed by atoms with Gasteiger partial charge in [-0.05, 0) is 48.7 Å². The fourth-order valence-electron chi connectivity index (χ4n) is 4.31. The summed E-state index contributed by atoms with van der Waals surface area (Å²) >= 11 is 0. The number of carboxylic acids is 1. The van der Waals surface area contributed by atoms with Crippen molar-refractivity contribution in [3.05, 3.63) is 102 Å². The standard InChI is InChI=1S/C27H33N3O3.C8H8O2/c1-3-4-5-6-7-16-33-24-14-12-21(13-15-24)23-18-29-26(30-19-23)22-10-8-20(9-11-22)17-25(28-2)27(31)32;9-7-10-6-8-4-2-1-3-5-8/h8-15,18-19,25,28H,3-7,16-17H2,1-2H3,(H,31,32);1-5,7H,6H2. The van der Waals surface area contributed by atoms with Crippen molar-refractivity contribution in [3.8, 4) is 28.3 Å². The third-order valence-electron chi connectivity index (χ3n) is 6.82. The number of rotatable bonds is 16. The first kappa shape index (κ1) is 32.9. The summed E-state index contributed by atoms with van der Waals surface area (Å²) in [5.74, 6) is 0.662. The largest absolute Gasteiger partial charge is 0.494 e. The number of aliphatic carboxylic acids is 1. The van der Waals surface area contributed by atoms with Crippen LogP contribution in [0.4, 0.5) is 0 Å². The Hall–Kier alpha value is -4.56. The van der Waals surface area contributed by atoms with Gasteiger partial charge in [-0.25, -0.2) is 9.97 Å². The van der Waals surface area contributed by atoms with Crippen molar-refractivity contribution in [3.63, 3.8) is 0 Å². The van der Waals surface area contributed by atoms with Crippen LogP contribution in [0.2, 0.25) is 0 Å². The van der Waals surface area contributed by atoms with E-state index in [1.165, 1.54) is 25.7 Å². The Morgan fingerprint density at radius 3 is 2.09 bits per heavy atom. The maximum absolute atomic E-state index is 11.2. The smallest absolute Gasteiger partial charge is 0.321 e. The summed E-state index contributed by atoms with van der Waals surface area (Å²) in [6.07, 6.45) is 10.2. The van der Waals surface area contributed by atoms with Crippen LogP contribution in [-0.4, -0.2) is 47.2 Å². The molecule has 0 saturated heterocycles. The van der Waals surface area contributed by atoms with Crippen molar-refractivity contribution in [2.45, 2.75) is 58.1 Å². The maximum Gasteiger partial charge on any atom is 0.321 e. The summed E-state index contributed by atoms with van der Waals surface area (Å²) < 4.78 is 10.4. The summed E-state index contributed by atoms with van der Waals surface area (Å²) in [7, 11) is 1.65. The lowest BCUT2D eigenvalue weighted by Crippen LogP contribution is -2.35. The van der Waals surface area contributed by atoms with Gasteiger partial charge in [-0.1, -0.05) is 99.3 Å². The number of benzene rings is 3. The number of hydrogen-bond donors (Lipinski definition) is 2. The molecule has 0 aliphatic rings. The van der Waals surface area contributed by atoms with E-state index in [9.17, 15) is 14.7 Å². The van der Waals surface area contributed by atoms with Gasteiger partial charge in [0.2, 0.25) is 0 Å². The van der Waals surface area contributed by atoms with Crippen LogP contribution in [0, 0.1) is 0 Å². The minimum Gasteiger partial charge on any atom is -0.494 e. The van der Waals surface area contributed by atoms with E-state index in [-0.39, 0.29) is 0 Å². The van der Waals surface area contributed by atoms with Crippen LogP contribution in [0.25, 0.3) is 22.5 Å². The Balaban J connectivity index is 0.000000428. The summed E-state index contributed by atoms with van der Waals surface area (Å²) in [6, 6.07) is 24.7. The van der Waals surface area contributed by atoms with E-state index in [2.05, 4.69) is 26.9 Å². The molecule has 0 spiro atoms. The molecule has 0 fully saturated rings. The molecule has 0 amide bonds. The molecule has 4 rings (SSSR count). The lowest BCUT2D eigenvalue weighted by molar-refractivity contribution is -0.139. The second-order valence-electron chi connectivity index (χ2n) is 10.1. The van der Waals surface area contributed by atoms with E-state index in [4.69, 9.17) is 4.74 Å². The van der Waals surface area contributed by atoms with E-state index in [1.807, 2.05) is 91.3 Å². The number of aromatic nitrogens is 2. The topological polar surface area (TPSA) is 111 Å². The zero-order valence-electron chi connectivity index (χ0n) is 24.9. The zero-order chi connectivity index (χ0) is 30.7. The Kier molecular flexibility index (Phi) is 14.4. The second-order valence-corrected chi connectivity index (χ2v) is 10.1. The van der Waals surface area contributed by atoms with Crippen molar-refractivity contribution in [1.29, 1.82) is 0 Å². The van der Waals surface area contributed by atoms with Gasteiger partial charge in [0, 0.05) is 23.5 Å². The van der Waals surface area contributed by atoms with E-state index >= 15 is 0 Å². The molecule has 3 aromatic carbocycles. The van der Waals surface area contributed by atoms with E-state index < -0.39 is 12.0 Å². The molecule has 1 aromatic heterocycles. The third kappa shape index (κ3) is 11.7. The molecule has 1 atom stereocenters. The molecule has 43 heavy (non-hydrogen) atoms. The van der Waals surface area contributed by atoms with Crippen molar-refractivity contribution < 1.29 is 24.2 Å². The Morgan fingerprint density at radius 1 is 0.837 bits per heavy atom. The molecule has 226 valence electrons. The highest BCUT2D eigenvalue weighted by atomic mass is 16.5. The van der Waals surface area contributed by atoms with Crippen LogP contribution >= 0.6 is 0 Å². The van der Waals surface area contributed by atoms with Crippen molar-refractivity contribution in [2.75, 3.05) is 13.7 Å². The van der Waals surface area contributed by atoms with Crippen LogP contribution in [0.5, 0.6) is 5.75 Å². The normalized spacial score (nSPS) is 11.1. The van der Waals surface area contributed by atoms with Gasteiger partial charge in [-0.3, -0.25) is 9.59 Å². The second kappa shape index (κ2) is 18.8. The van der Waals surface area contributed by atoms with Gasteiger partial charge in [-0.2, -0.15) is 0 Å². The van der Waals surface area contributed by atoms with Crippen LogP contribution in [0.15, 0.2) is 91.3 Å². The van der Waals surface area contributed by atoms with Gasteiger partial charge in [0.1, 0.15) is 18.4 Å². The first-order valence-electron chi connectivity index (χ1n) is 14.7. The van der Waals surface area contributed by atoms with Gasteiger partial charge in [0.25, 0.3) is 6.47 Å². The fraction of sp³-hybridized carbons (Fsp3) is 0.314. The summed E-state index contributed by atoms with van der Waals surface area (Å²) in [5, 5.41) is 12.0. The zero-order valence-corrected chi connectivity index (χ0v) is 24.9. The lowest BCUT2D eigenvalue weighted by atomic mass is 10.0. The average Bonchev–Trinajstić information content (AvgIpc) is 3.05. The number of carbonyl (C=O) groups excluding carboxylic acids is 1. The number of hydrogen-bond acceptors (Lipinski definition) is 7. The Labute approximate surface area is 254 Å². The number of nitrogens with zero attached hydrogens (tertiary/aromatic N) is 2. The predicted molar refractivity (Wildman–Crippen MR) is 169 cm³/mol. The van der Waals surface area contributed by atoms with Crippen molar-refractivity contribution in [2.24, 2.45) is 0 Å². The molecule has 0 aliphatic heterocycles. The van der Waals surface area contributed by atoms with Crippen molar-refractivity contribution >= 4 is 12.4 Å². The van der Waals surface area contributed by atoms with Crippen LogP contribution in [-0.2, 0) is 27.4 Å². The minimum absolute atomic E-state index is 0.365. The molecular weight excluding hydrogens is 542 g/mol. The molecule has 1 heterocycles. The summed E-state index contributed by atoms with van der Waals surface area (Å²) in [5.41, 5.74) is 4.83. The van der Waals surface area contributed by atoms with Gasteiger partial charge >= 0.3 is 5.97 Å². The number of likely N-dealkylation sites (N-methyl/N-ethyl adjacent to an activating group) is 1. The minimum atomic E-state index is -0.859. The highest BCUT2D eigenvalue weighted by Crippen LogP contribution is 2.23. The first-order valence-corrected chi connectivity index (χ1v) is 14.7. The molecule has 2 N–H and O–H groups in total. The Bertz CT molecular complexity index is 1350. The third-order valence-corrected chi connectivity index (χ3v) is 6.82. The molecule has 8 heteroatoms. The van der Waals surface area contributed by atoms with Gasteiger partial charge in [0.05, 0.1) is 6.61 Å². The summed E-state index contributed by atoms with van der Waals surface area (Å²) in [4.78, 5) is 30.0. The van der Waals surface area contributed by atoms with Crippen LogP contribution < -0.4 is 10.1 Å². The van der Waals surface area contributed by atoms with Gasteiger partial charge in [-0.15, -0.1) is 0 Å².